The molecule has 2 N–H and O–H groups in total. The largest absolute Gasteiger partial charge is 0.444 e. The molecule has 0 radical (unpaired) electrons. The van der Waals surface area contributed by atoms with Crippen LogP contribution in [-0.2, 0) is 4.79 Å². The minimum absolute atomic E-state index is 0.0591. The number of hydrogen-bond acceptors (Lipinski definition) is 4. The van der Waals surface area contributed by atoms with Gasteiger partial charge >= 0.3 is 0 Å². The third kappa shape index (κ3) is 2.48. The van der Waals surface area contributed by atoms with Gasteiger partial charge in [-0.2, -0.15) is 0 Å². The number of nitrogens with zero attached hydrogens (tertiary/aromatic N) is 1. The van der Waals surface area contributed by atoms with Gasteiger partial charge in [0.1, 0.15) is 0 Å². The van der Waals surface area contributed by atoms with E-state index in [2.05, 4.69) is 15.6 Å². The van der Waals surface area contributed by atoms with Crippen molar-refractivity contribution in [3.8, 4) is 11.3 Å². The minimum Gasteiger partial charge on any atom is -0.444 e. The van der Waals surface area contributed by atoms with E-state index in [0.717, 1.165) is 35.5 Å². The van der Waals surface area contributed by atoms with Crippen LogP contribution in [0.3, 0.4) is 0 Å². The Morgan fingerprint density at radius 1 is 1.40 bits per heavy atom. The molecular weight excluding hydrogens is 254 g/mol. The molecule has 0 spiro atoms. The van der Waals surface area contributed by atoms with Gasteiger partial charge in [0.25, 0.3) is 5.91 Å². The maximum absolute atomic E-state index is 12.1. The summed E-state index contributed by atoms with van der Waals surface area (Å²) in [6.07, 6.45) is 3.03. The Bertz CT molecular complexity index is 654. The zero-order valence-electron chi connectivity index (χ0n) is 11.1. The van der Waals surface area contributed by atoms with E-state index in [1.54, 1.807) is 6.20 Å². The first-order valence-electron chi connectivity index (χ1n) is 6.43. The third-order valence-corrected chi connectivity index (χ3v) is 3.38. The van der Waals surface area contributed by atoms with Crippen molar-refractivity contribution in [2.24, 2.45) is 0 Å². The van der Waals surface area contributed by atoms with E-state index in [4.69, 9.17) is 4.42 Å². The van der Waals surface area contributed by atoms with Gasteiger partial charge in [-0.3, -0.25) is 4.79 Å². The van der Waals surface area contributed by atoms with E-state index in [1.165, 1.54) is 6.39 Å². The summed E-state index contributed by atoms with van der Waals surface area (Å²) in [6.45, 7) is 3.46. The molecule has 102 valence electrons. The maximum Gasteiger partial charge on any atom is 0.251 e. The lowest BCUT2D eigenvalue weighted by Gasteiger charge is -2.21. The molecule has 0 saturated carbocycles. The van der Waals surface area contributed by atoms with Crippen LogP contribution in [-0.4, -0.2) is 24.0 Å². The zero-order valence-corrected chi connectivity index (χ0v) is 11.1. The van der Waals surface area contributed by atoms with Gasteiger partial charge < -0.3 is 15.1 Å². The summed E-state index contributed by atoms with van der Waals surface area (Å²) >= 11 is 0. The Morgan fingerprint density at radius 3 is 2.90 bits per heavy atom. The second-order valence-corrected chi connectivity index (χ2v) is 4.73. The first-order chi connectivity index (χ1) is 9.74. The molecule has 0 unspecified atom stereocenters. The summed E-state index contributed by atoms with van der Waals surface area (Å²) < 4.78 is 5.25. The number of nitrogens with one attached hydrogen (secondary N) is 2. The molecule has 0 atom stereocenters. The fourth-order valence-corrected chi connectivity index (χ4v) is 2.01. The van der Waals surface area contributed by atoms with Crippen molar-refractivity contribution in [3.63, 3.8) is 0 Å². The summed E-state index contributed by atoms with van der Waals surface area (Å²) in [5, 5.41) is 6.04. The Morgan fingerprint density at radius 2 is 2.25 bits per heavy atom. The molecule has 1 fully saturated rings. The van der Waals surface area contributed by atoms with Crippen molar-refractivity contribution in [2.75, 3.05) is 18.4 Å². The van der Waals surface area contributed by atoms with Crippen LogP contribution in [0.2, 0.25) is 0 Å². The average molecular weight is 269 g/mol. The van der Waals surface area contributed by atoms with E-state index in [1.807, 2.05) is 31.2 Å². The summed E-state index contributed by atoms with van der Waals surface area (Å²) in [7, 11) is 0. The van der Waals surface area contributed by atoms with Crippen molar-refractivity contribution < 1.29 is 9.21 Å². The summed E-state index contributed by atoms with van der Waals surface area (Å²) in [4.78, 5) is 16.0. The lowest BCUT2D eigenvalue weighted by molar-refractivity contribution is -0.112. The van der Waals surface area contributed by atoms with E-state index in [-0.39, 0.29) is 5.91 Å². The van der Waals surface area contributed by atoms with E-state index in [9.17, 15) is 4.79 Å². The van der Waals surface area contributed by atoms with Crippen molar-refractivity contribution >= 4 is 11.6 Å². The molecule has 20 heavy (non-hydrogen) atoms. The third-order valence-electron chi connectivity index (χ3n) is 3.38. The zero-order chi connectivity index (χ0) is 13.9. The molecule has 3 rings (SSSR count). The molecule has 1 aromatic carbocycles. The molecule has 1 amide bonds. The molecular formula is C15H15N3O2. The van der Waals surface area contributed by atoms with Gasteiger partial charge in [0.05, 0.1) is 6.20 Å². The highest BCUT2D eigenvalue weighted by molar-refractivity contribution is 6.04. The number of carbonyl (C=O) groups is 1. The van der Waals surface area contributed by atoms with Crippen LogP contribution in [0, 0.1) is 0 Å². The normalized spacial score (nSPS) is 13.8. The molecule has 1 aliphatic heterocycles. The molecule has 1 saturated heterocycles. The number of oxazole rings is 1. The minimum atomic E-state index is -0.0591. The second kappa shape index (κ2) is 5.30. The fraction of sp³-hybridized carbons (Fsp3) is 0.200. The van der Waals surface area contributed by atoms with Gasteiger partial charge in [0, 0.05) is 29.9 Å². The van der Waals surface area contributed by atoms with E-state index >= 15 is 0 Å². The van der Waals surface area contributed by atoms with Crippen molar-refractivity contribution in [3.05, 3.63) is 48.0 Å². The van der Waals surface area contributed by atoms with Crippen LogP contribution in [0.4, 0.5) is 5.69 Å². The van der Waals surface area contributed by atoms with Crippen LogP contribution in [0.1, 0.15) is 6.92 Å². The molecule has 5 nitrogen and oxygen atoms in total. The number of rotatable bonds is 3. The van der Waals surface area contributed by atoms with Crippen LogP contribution >= 0.6 is 0 Å². The topological polar surface area (TPSA) is 67.2 Å². The van der Waals surface area contributed by atoms with Crippen molar-refractivity contribution in [2.45, 2.75) is 6.92 Å². The summed E-state index contributed by atoms with van der Waals surface area (Å²) in [6, 6.07) is 7.52. The SMILES string of the molecule is CC(C(=O)Nc1cccc(-c2cnco2)c1)=C1CNC1. The standard InChI is InChI=1S/C15H15N3O2/c1-10(12-6-16-7-12)15(19)18-13-4-2-3-11(5-13)14-8-17-9-20-14/h2-5,8-9,16H,6-7H2,1H3,(H,18,19). The first kappa shape index (κ1) is 12.6. The van der Waals surface area contributed by atoms with Crippen LogP contribution < -0.4 is 10.6 Å². The van der Waals surface area contributed by atoms with Crippen LogP contribution in [0.15, 0.2) is 52.4 Å². The summed E-state index contributed by atoms with van der Waals surface area (Å²) in [5.41, 5.74) is 3.58. The van der Waals surface area contributed by atoms with Gasteiger partial charge in [-0.1, -0.05) is 12.1 Å². The van der Waals surface area contributed by atoms with Crippen molar-refractivity contribution in [1.29, 1.82) is 0 Å². The highest BCUT2D eigenvalue weighted by Gasteiger charge is 2.16. The number of aromatic nitrogens is 1. The number of amides is 1. The maximum atomic E-state index is 12.1. The Hall–Kier alpha value is -2.40. The molecule has 1 aromatic heterocycles. The van der Waals surface area contributed by atoms with Crippen LogP contribution in [0.25, 0.3) is 11.3 Å². The van der Waals surface area contributed by atoms with Gasteiger partial charge in [0.15, 0.2) is 12.2 Å². The quantitative estimate of drug-likeness (QED) is 0.838. The van der Waals surface area contributed by atoms with Crippen LogP contribution in [0.5, 0.6) is 0 Å². The fourth-order valence-electron chi connectivity index (χ4n) is 2.01. The van der Waals surface area contributed by atoms with Gasteiger partial charge in [-0.15, -0.1) is 0 Å². The molecule has 0 bridgehead atoms. The molecule has 2 aromatic rings. The Kier molecular flexibility index (Phi) is 3.35. The Labute approximate surface area is 116 Å². The summed E-state index contributed by atoms with van der Waals surface area (Å²) in [5.74, 6) is 0.621. The Balaban J connectivity index is 1.78. The lowest BCUT2D eigenvalue weighted by Crippen LogP contribution is -2.36. The molecule has 2 heterocycles. The van der Waals surface area contributed by atoms with E-state index in [0.29, 0.717) is 5.76 Å². The molecule has 0 aliphatic carbocycles. The molecule has 5 heteroatoms. The number of anilines is 1. The number of benzene rings is 1. The highest BCUT2D eigenvalue weighted by atomic mass is 16.3. The lowest BCUT2D eigenvalue weighted by atomic mass is 10.0. The monoisotopic (exact) mass is 269 g/mol. The predicted octanol–water partition coefficient (Wildman–Crippen LogP) is 2.20. The average Bonchev–Trinajstić information content (AvgIpc) is 2.90. The van der Waals surface area contributed by atoms with Crippen molar-refractivity contribution in [1.82, 2.24) is 10.3 Å². The van der Waals surface area contributed by atoms with Gasteiger partial charge in [0.2, 0.25) is 0 Å². The van der Waals surface area contributed by atoms with E-state index < -0.39 is 0 Å². The second-order valence-electron chi connectivity index (χ2n) is 4.73. The number of carbonyl (C=O) groups excluding carboxylic acids is 1. The molecule has 1 aliphatic rings. The first-order valence-corrected chi connectivity index (χ1v) is 6.43. The van der Waals surface area contributed by atoms with Gasteiger partial charge in [-0.25, -0.2) is 4.98 Å². The number of hydrogen-bond donors (Lipinski definition) is 2. The predicted molar refractivity (Wildman–Crippen MR) is 76.1 cm³/mol. The van der Waals surface area contributed by atoms with Gasteiger partial charge in [-0.05, 0) is 24.6 Å². The highest BCUT2D eigenvalue weighted by Crippen LogP contribution is 2.22. The smallest absolute Gasteiger partial charge is 0.251 e.